The second-order valence-corrected chi connectivity index (χ2v) is 14.7. The second kappa shape index (κ2) is 5.82. The summed E-state index contributed by atoms with van der Waals surface area (Å²) in [5.74, 6) is 0. The molecule has 1 aromatic rings. The van der Waals surface area contributed by atoms with Gasteiger partial charge >= 0.3 is 0 Å². The minimum atomic E-state index is -2.10. The number of hydrogen-bond acceptors (Lipinski definition) is 2. The van der Waals surface area contributed by atoms with Gasteiger partial charge in [0.15, 0.2) is 0 Å². The maximum atomic E-state index is 12.1. The Hall–Kier alpha value is -0.320. The minimum Gasteiger partial charge on any atom is -0.324 e. The molecule has 0 atom stereocenters. The van der Waals surface area contributed by atoms with Crippen LogP contribution in [0.25, 0.3) is 0 Å². The molecule has 0 aromatic heterocycles. The summed E-state index contributed by atoms with van der Waals surface area (Å²) in [6.07, 6.45) is 1.23. The fourth-order valence-electron chi connectivity index (χ4n) is 2.26. The number of hydrogen-bond donors (Lipinski definition) is 0. The van der Waals surface area contributed by atoms with E-state index in [0.717, 1.165) is 11.1 Å². The third kappa shape index (κ3) is 6.42. The fourth-order valence-corrected chi connectivity index (χ4v) is 4.38. The van der Waals surface area contributed by atoms with Gasteiger partial charge < -0.3 is 9.13 Å². The van der Waals surface area contributed by atoms with Gasteiger partial charge in [0.25, 0.3) is 0 Å². The average Bonchev–Trinajstić information content (AvgIpc) is 2.09. The van der Waals surface area contributed by atoms with E-state index in [2.05, 4.69) is 39.0 Å². The molecule has 0 aliphatic rings. The second-order valence-electron chi connectivity index (χ2n) is 7.75. The van der Waals surface area contributed by atoms with Crippen LogP contribution >= 0.6 is 14.3 Å². The largest absolute Gasteiger partial charge is 0.324 e. The summed E-state index contributed by atoms with van der Waals surface area (Å²) in [7, 11) is -4.20. The molecule has 0 saturated heterocycles. The maximum absolute atomic E-state index is 12.1. The molecule has 0 N–H and O–H groups in total. The van der Waals surface area contributed by atoms with Gasteiger partial charge in [-0.05, 0) is 48.8 Å². The van der Waals surface area contributed by atoms with Crippen LogP contribution in [0, 0.1) is 0 Å². The Morgan fingerprint density at radius 2 is 1.15 bits per heavy atom. The Balaban J connectivity index is 3.28. The van der Waals surface area contributed by atoms with E-state index in [0.29, 0.717) is 12.3 Å². The van der Waals surface area contributed by atoms with E-state index >= 15 is 0 Å². The van der Waals surface area contributed by atoms with Gasteiger partial charge in [0.1, 0.15) is 0 Å². The van der Waals surface area contributed by atoms with E-state index in [1.54, 1.807) is 0 Å². The lowest BCUT2D eigenvalue weighted by Gasteiger charge is -2.22. The molecule has 0 aliphatic heterocycles. The summed E-state index contributed by atoms with van der Waals surface area (Å²) >= 11 is 0. The molecule has 0 aliphatic carbocycles. The van der Waals surface area contributed by atoms with Crippen molar-refractivity contribution in [2.45, 2.75) is 38.5 Å². The van der Waals surface area contributed by atoms with Crippen LogP contribution in [-0.2, 0) is 26.9 Å². The Morgan fingerprint density at radius 1 is 0.800 bits per heavy atom. The molecule has 1 rings (SSSR count). The van der Waals surface area contributed by atoms with Gasteiger partial charge in [-0.25, -0.2) is 0 Å². The zero-order valence-corrected chi connectivity index (χ0v) is 15.6. The highest BCUT2D eigenvalue weighted by Crippen LogP contribution is 2.44. The van der Waals surface area contributed by atoms with E-state index in [1.807, 2.05) is 26.7 Å². The first-order valence-electron chi connectivity index (χ1n) is 6.98. The van der Waals surface area contributed by atoms with E-state index in [9.17, 15) is 9.13 Å². The van der Waals surface area contributed by atoms with Crippen LogP contribution in [0.3, 0.4) is 0 Å². The highest BCUT2D eigenvalue weighted by atomic mass is 31.2. The van der Waals surface area contributed by atoms with Crippen LogP contribution in [0.1, 0.15) is 37.5 Å². The molecule has 0 saturated carbocycles. The van der Waals surface area contributed by atoms with Crippen LogP contribution in [0.15, 0.2) is 18.2 Å². The van der Waals surface area contributed by atoms with Crippen LogP contribution in [0.5, 0.6) is 0 Å². The maximum Gasteiger partial charge on any atom is 0.0861 e. The van der Waals surface area contributed by atoms with E-state index in [4.69, 9.17) is 0 Å². The highest BCUT2D eigenvalue weighted by molar-refractivity contribution is 7.61. The lowest BCUT2D eigenvalue weighted by atomic mass is 9.85. The first-order valence-corrected chi connectivity index (χ1v) is 12.5. The molecule has 20 heavy (non-hydrogen) atoms. The van der Waals surface area contributed by atoms with Gasteiger partial charge in [0.05, 0.1) is 14.3 Å². The van der Waals surface area contributed by atoms with Crippen molar-refractivity contribution in [3.05, 3.63) is 34.9 Å². The zero-order chi connectivity index (χ0) is 15.8. The molecule has 0 amide bonds. The Bertz CT molecular complexity index is 528. The van der Waals surface area contributed by atoms with Crippen LogP contribution in [-0.4, -0.2) is 26.7 Å². The quantitative estimate of drug-likeness (QED) is 0.713. The van der Waals surface area contributed by atoms with Crippen molar-refractivity contribution in [3.63, 3.8) is 0 Å². The van der Waals surface area contributed by atoms with Crippen LogP contribution < -0.4 is 0 Å². The molecule has 114 valence electrons. The van der Waals surface area contributed by atoms with Crippen LogP contribution in [0.2, 0.25) is 0 Å². The van der Waals surface area contributed by atoms with Crippen molar-refractivity contribution in [2.24, 2.45) is 0 Å². The van der Waals surface area contributed by atoms with Crippen molar-refractivity contribution in [1.29, 1.82) is 0 Å². The standard InChI is InChI=1S/C16H28O2P2/c1-16(2,3)15-9-13(11-19(4,5)17)8-14(10-15)12-20(6,7)18/h8-10H,11-12H2,1-7H3. The molecule has 0 spiro atoms. The normalized spacial score (nSPS) is 13.6. The van der Waals surface area contributed by atoms with E-state index < -0.39 is 14.3 Å². The zero-order valence-electron chi connectivity index (χ0n) is 13.9. The molecule has 0 fully saturated rings. The van der Waals surface area contributed by atoms with Crippen molar-refractivity contribution in [2.75, 3.05) is 26.7 Å². The molecule has 0 unspecified atom stereocenters. The third-order valence-corrected chi connectivity index (χ3v) is 5.30. The van der Waals surface area contributed by atoms with Crippen molar-refractivity contribution in [3.8, 4) is 0 Å². The summed E-state index contributed by atoms with van der Waals surface area (Å²) < 4.78 is 24.2. The van der Waals surface area contributed by atoms with E-state index in [1.165, 1.54) is 5.56 Å². The summed E-state index contributed by atoms with van der Waals surface area (Å²) in [5.41, 5.74) is 3.48. The Morgan fingerprint density at radius 3 is 1.40 bits per heavy atom. The minimum absolute atomic E-state index is 0.0434. The molecular weight excluding hydrogens is 286 g/mol. The Kier molecular flexibility index (Phi) is 5.16. The summed E-state index contributed by atoms with van der Waals surface area (Å²) in [6.45, 7) is 13.8. The molecule has 0 bridgehead atoms. The lowest BCUT2D eigenvalue weighted by Crippen LogP contribution is -2.12. The predicted molar refractivity (Wildman–Crippen MR) is 91.5 cm³/mol. The highest BCUT2D eigenvalue weighted by Gasteiger charge is 2.19. The van der Waals surface area contributed by atoms with Gasteiger partial charge in [-0.3, -0.25) is 0 Å². The third-order valence-electron chi connectivity index (χ3n) is 3.05. The lowest BCUT2D eigenvalue weighted by molar-refractivity contribution is 0.579. The predicted octanol–water partition coefficient (Wildman–Crippen LogP) is 5.23. The van der Waals surface area contributed by atoms with Crippen molar-refractivity contribution >= 4 is 14.3 Å². The smallest absolute Gasteiger partial charge is 0.0861 e. The summed E-state index contributed by atoms with van der Waals surface area (Å²) in [6, 6.07) is 6.38. The Labute approximate surface area is 124 Å². The fraction of sp³-hybridized carbons (Fsp3) is 0.625. The molecule has 0 heterocycles. The van der Waals surface area contributed by atoms with Gasteiger partial charge in [0.2, 0.25) is 0 Å². The van der Waals surface area contributed by atoms with Crippen LogP contribution in [0.4, 0.5) is 0 Å². The number of rotatable bonds is 4. The monoisotopic (exact) mass is 314 g/mol. The SMILES string of the molecule is CC(C)(C)c1cc(CP(C)(C)=O)cc(CP(C)(C)=O)c1. The topological polar surface area (TPSA) is 34.1 Å². The summed E-state index contributed by atoms with van der Waals surface area (Å²) in [5, 5.41) is 0. The molecule has 1 aromatic carbocycles. The molecule has 4 heteroatoms. The van der Waals surface area contributed by atoms with E-state index in [-0.39, 0.29) is 5.41 Å². The average molecular weight is 314 g/mol. The number of benzene rings is 1. The first kappa shape index (κ1) is 17.7. The molecule has 2 nitrogen and oxygen atoms in total. The van der Waals surface area contributed by atoms with Crippen molar-refractivity contribution < 1.29 is 9.13 Å². The molecule has 0 radical (unpaired) electrons. The van der Waals surface area contributed by atoms with Gasteiger partial charge in [-0.15, -0.1) is 0 Å². The summed E-state index contributed by atoms with van der Waals surface area (Å²) in [4.78, 5) is 0. The van der Waals surface area contributed by atoms with Gasteiger partial charge in [-0.1, -0.05) is 39.0 Å². The molecular formula is C16H28O2P2. The van der Waals surface area contributed by atoms with Gasteiger partial charge in [0, 0.05) is 12.3 Å². The van der Waals surface area contributed by atoms with Crippen molar-refractivity contribution in [1.82, 2.24) is 0 Å². The van der Waals surface area contributed by atoms with Gasteiger partial charge in [-0.2, -0.15) is 0 Å². The first-order chi connectivity index (χ1) is 8.76.